The lowest BCUT2D eigenvalue weighted by Gasteiger charge is -2.23. The Morgan fingerprint density at radius 3 is 3.00 bits per heavy atom. The number of halogens is 3. The minimum absolute atomic E-state index is 0.0334. The number of imidazole rings is 1. The van der Waals surface area contributed by atoms with Crippen LogP contribution in [-0.4, -0.2) is 27.0 Å². The number of hydrogen-bond donors (Lipinski definition) is 2. The highest BCUT2D eigenvalue weighted by Gasteiger charge is 2.35. The first-order valence-electron chi connectivity index (χ1n) is 7.37. The van der Waals surface area contributed by atoms with E-state index in [-0.39, 0.29) is 11.8 Å². The fourth-order valence-corrected chi connectivity index (χ4v) is 2.75. The van der Waals surface area contributed by atoms with E-state index in [9.17, 15) is 18.0 Å². The molecule has 0 saturated heterocycles. The van der Waals surface area contributed by atoms with Crippen molar-refractivity contribution in [2.45, 2.75) is 25.6 Å². The second kappa shape index (κ2) is 6.03. The van der Waals surface area contributed by atoms with Crippen molar-refractivity contribution < 1.29 is 18.0 Å². The Bertz CT molecular complexity index is 799. The Morgan fingerprint density at radius 2 is 2.33 bits per heavy atom. The number of nitrogens with one attached hydrogen (secondary N) is 2. The van der Waals surface area contributed by atoms with Crippen molar-refractivity contribution in [1.82, 2.24) is 19.9 Å². The Kier molecular flexibility index (Phi) is 4.05. The first kappa shape index (κ1) is 16.1. The molecule has 2 aromatic heterocycles. The van der Waals surface area contributed by atoms with Gasteiger partial charge in [0.25, 0.3) is 5.91 Å². The van der Waals surface area contributed by atoms with Crippen LogP contribution >= 0.6 is 0 Å². The van der Waals surface area contributed by atoms with Crippen LogP contribution in [0.4, 0.5) is 13.2 Å². The van der Waals surface area contributed by atoms with E-state index in [0.29, 0.717) is 43.0 Å². The highest BCUT2D eigenvalue weighted by molar-refractivity contribution is 5.94. The molecule has 0 fully saturated rings. The maximum absolute atomic E-state index is 12.7. The van der Waals surface area contributed by atoms with Crippen LogP contribution in [0.3, 0.4) is 0 Å². The zero-order chi connectivity index (χ0) is 17.3. The lowest BCUT2D eigenvalue weighted by molar-refractivity contribution is -0.141. The number of fused-ring (bicyclic) bond motifs is 1. The van der Waals surface area contributed by atoms with E-state index < -0.39 is 11.9 Å². The van der Waals surface area contributed by atoms with Crippen molar-refractivity contribution in [1.29, 1.82) is 5.26 Å². The summed E-state index contributed by atoms with van der Waals surface area (Å²) in [7, 11) is 0. The minimum Gasteiger partial charge on any atom is -0.352 e. The largest absolute Gasteiger partial charge is 0.434 e. The number of H-pyrrole nitrogens is 1. The molecule has 0 aliphatic carbocycles. The summed E-state index contributed by atoms with van der Waals surface area (Å²) in [4.78, 5) is 18.3. The summed E-state index contributed by atoms with van der Waals surface area (Å²) >= 11 is 0. The number of alkyl halides is 3. The van der Waals surface area contributed by atoms with Gasteiger partial charge in [-0.25, -0.2) is 4.98 Å². The summed E-state index contributed by atoms with van der Waals surface area (Å²) in [5.41, 5.74) is -0.232. The van der Waals surface area contributed by atoms with Crippen molar-refractivity contribution in [2.24, 2.45) is 5.92 Å². The van der Waals surface area contributed by atoms with Gasteiger partial charge in [0.05, 0.1) is 5.56 Å². The van der Waals surface area contributed by atoms with E-state index in [1.54, 1.807) is 0 Å². The molecule has 3 rings (SSSR count). The molecule has 0 radical (unpaired) electrons. The van der Waals surface area contributed by atoms with Crippen molar-refractivity contribution >= 4 is 5.91 Å². The van der Waals surface area contributed by atoms with Crippen LogP contribution in [-0.2, 0) is 19.1 Å². The number of carbonyl (C=O) groups excluding carboxylic acids is 1. The zero-order valence-corrected chi connectivity index (χ0v) is 12.5. The van der Waals surface area contributed by atoms with Gasteiger partial charge in [-0.1, -0.05) is 0 Å². The van der Waals surface area contributed by atoms with Gasteiger partial charge in [0.15, 0.2) is 5.69 Å². The monoisotopic (exact) mass is 337 g/mol. The fourth-order valence-electron chi connectivity index (χ4n) is 2.75. The van der Waals surface area contributed by atoms with E-state index in [1.165, 1.54) is 16.8 Å². The summed E-state index contributed by atoms with van der Waals surface area (Å²) in [6.45, 7) is 0.736. The number of nitriles is 1. The summed E-state index contributed by atoms with van der Waals surface area (Å²) in [6.07, 6.45) is -0.877. The predicted molar refractivity (Wildman–Crippen MR) is 76.9 cm³/mol. The third-order valence-electron chi connectivity index (χ3n) is 4.00. The van der Waals surface area contributed by atoms with Gasteiger partial charge >= 0.3 is 6.18 Å². The van der Waals surface area contributed by atoms with E-state index in [0.717, 1.165) is 6.20 Å². The molecule has 1 atom stereocenters. The van der Waals surface area contributed by atoms with E-state index in [1.807, 2.05) is 6.07 Å². The summed E-state index contributed by atoms with van der Waals surface area (Å²) in [5.74, 6) is 0.139. The predicted octanol–water partition coefficient (Wildman–Crippen LogP) is 2.09. The minimum atomic E-state index is -4.44. The topological polar surface area (TPSA) is 86.5 Å². The van der Waals surface area contributed by atoms with Crippen LogP contribution in [0.5, 0.6) is 0 Å². The SMILES string of the molecule is N#Cc1cc(C(=O)NC[C@H]2CCc3nc(C(F)(F)F)cn3C2)c[nH]1. The molecular formula is C15H14F3N5O. The maximum atomic E-state index is 12.7. The van der Waals surface area contributed by atoms with Gasteiger partial charge in [-0.2, -0.15) is 18.4 Å². The molecule has 1 aliphatic rings. The van der Waals surface area contributed by atoms with Crippen LogP contribution in [0, 0.1) is 17.2 Å². The number of carbonyl (C=O) groups is 1. The zero-order valence-electron chi connectivity index (χ0n) is 12.5. The molecule has 0 spiro atoms. The van der Waals surface area contributed by atoms with Gasteiger partial charge in [0, 0.05) is 31.9 Å². The van der Waals surface area contributed by atoms with E-state index in [4.69, 9.17) is 5.26 Å². The average Bonchev–Trinajstić information content (AvgIpc) is 3.18. The number of hydrogen-bond acceptors (Lipinski definition) is 3. The molecule has 2 aromatic rings. The smallest absolute Gasteiger partial charge is 0.352 e. The highest BCUT2D eigenvalue weighted by Crippen LogP contribution is 2.30. The number of nitrogens with zero attached hydrogens (tertiary/aromatic N) is 3. The second-order valence-corrected chi connectivity index (χ2v) is 5.72. The fraction of sp³-hybridized carbons (Fsp3) is 0.400. The molecule has 0 saturated carbocycles. The molecule has 24 heavy (non-hydrogen) atoms. The number of rotatable bonds is 3. The molecule has 1 aliphatic heterocycles. The third-order valence-corrected chi connectivity index (χ3v) is 4.00. The average molecular weight is 337 g/mol. The normalized spacial score (nSPS) is 17.2. The molecule has 1 amide bonds. The molecule has 0 aromatic carbocycles. The first-order valence-corrected chi connectivity index (χ1v) is 7.37. The molecule has 9 heteroatoms. The standard InChI is InChI=1S/C15H14F3N5O/c16-15(17,18)12-8-23-7-9(1-2-13(23)22-12)5-21-14(24)10-3-11(4-19)20-6-10/h3,6,8-9,20H,1-2,5,7H2,(H,21,24)/t9-/m1/s1. The lowest BCUT2D eigenvalue weighted by Crippen LogP contribution is -2.33. The van der Waals surface area contributed by atoms with Crippen molar-refractivity contribution in [3.05, 3.63) is 41.2 Å². The third kappa shape index (κ3) is 3.27. The van der Waals surface area contributed by atoms with E-state index >= 15 is 0 Å². The van der Waals surface area contributed by atoms with Crippen LogP contribution in [0.15, 0.2) is 18.5 Å². The Hall–Kier alpha value is -2.76. The van der Waals surface area contributed by atoms with Crippen molar-refractivity contribution in [2.75, 3.05) is 6.54 Å². The molecule has 0 bridgehead atoms. The van der Waals surface area contributed by atoms with Crippen molar-refractivity contribution in [3.63, 3.8) is 0 Å². The first-order chi connectivity index (χ1) is 11.4. The van der Waals surface area contributed by atoms with Gasteiger partial charge < -0.3 is 14.9 Å². The number of aromatic amines is 1. The lowest BCUT2D eigenvalue weighted by atomic mass is 9.99. The number of aryl methyl sites for hydroxylation is 1. The van der Waals surface area contributed by atoms with Crippen LogP contribution in [0.2, 0.25) is 0 Å². The Balaban J connectivity index is 1.59. The molecule has 3 heterocycles. The van der Waals surface area contributed by atoms with Gasteiger partial charge in [0.2, 0.25) is 0 Å². The Morgan fingerprint density at radius 1 is 1.54 bits per heavy atom. The molecule has 6 nitrogen and oxygen atoms in total. The maximum Gasteiger partial charge on any atom is 0.434 e. The van der Waals surface area contributed by atoms with Crippen LogP contribution in [0.25, 0.3) is 0 Å². The quantitative estimate of drug-likeness (QED) is 0.899. The van der Waals surface area contributed by atoms with Crippen LogP contribution in [0.1, 0.15) is 34.0 Å². The summed E-state index contributed by atoms with van der Waals surface area (Å²) < 4.78 is 39.6. The van der Waals surface area contributed by atoms with Gasteiger partial charge in [-0.05, 0) is 18.4 Å². The summed E-state index contributed by atoms with van der Waals surface area (Å²) in [6, 6.07) is 3.34. The van der Waals surface area contributed by atoms with E-state index in [2.05, 4.69) is 15.3 Å². The molecule has 126 valence electrons. The number of aromatic nitrogens is 3. The number of amides is 1. The van der Waals surface area contributed by atoms with Gasteiger partial charge in [-0.15, -0.1) is 0 Å². The molecular weight excluding hydrogens is 323 g/mol. The van der Waals surface area contributed by atoms with Crippen LogP contribution < -0.4 is 5.32 Å². The van der Waals surface area contributed by atoms with Gasteiger partial charge in [0.1, 0.15) is 17.6 Å². The van der Waals surface area contributed by atoms with Gasteiger partial charge in [-0.3, -0.25) is 4.79 Å². The summed E-state index contributed by atoms with van der Waals surface area (Å²) in [5, 5.41) is 11.5. The highest BCUT2D eigenvalue weighted by atomic mass is 19.4. The Labute approximate surface area is 135 Å². The van der Waals surface area contributed by atoms with Crippen molar-refractivity contribution in [3.8, 4) is 6.07 Å². The molecule has 2 N–H and O–H groups in total. The second-order valence-electron chi connectivity index (χ2n) is 5.72. The molecule has 0 unspecified atom stereocenters.